The van der Waals surface area contributed by atoms with Crippen LogP contribution in [0.3, 0.4) is 0 Å². The highest BCUT2D eigenvalue weighted by atomic mass is 15.1. The highest BCUT2D eigenvalue weighted by Crippen LogP contribution is 2.25. The Labute approximate surface area is 108 Å². The average Bonchev–Trinajstić information content (AvgIpc) is 2.57. The number of likely N-dealkylation sites (N-methyl/N-ethyl adjacent to an activating group) is 1. The smallest absolute Gasteiger partial charge is 0.0929 e. The van der Waals surface area contributed by atoms with Crippen LogP contribution in [-0.2, 0) is 7.05 Å². The minimum Gasteiger partial charge on any atom is -0.349 e. The SMILES string of the molecule is CN1CCCNC(c2cn(C)c3cccnc23)C1. The summed E-state index contributed by atoms with van der Waals surface area (Å²) in [7, 11) is 4.28. The van der Waals surface area contributed by atoms with Crippen LogP contribution in [0.15, 0.2) is 24.5 Å². The van der Waals surface area contributed by atoms with Gasteiger partial charge < -0.3 is 14.8 Å². The summed E-state index contributed by atoms with van der Waals surface area (Å²) in [6, 6.07) is 4.52. The van der Waals surface area contributed by atoms with Crippen LogP contribution in [0, 0.1) is 0 Å². The summed E-state index contributed by atoms with van der Waals surface area (Å²) in [6.45, 7) is 3.30. The van der Waals surface area contributed by atoms with E-state index in [1.54, 1.807) is 0 Å². The van der Waals surface area contributed by atoms with Crippen LogP contribution in [0.1, 0.15) is 18.0 Å². The Hall–Kier alpha value is -1.39. The molecule has 0 radical (unpaired) electrons. The third-order valence-corrected chi connectivity index (χ3v) is 3.75. The van der Waals surface area contributed by atoms with E-state index in [4.69, 9.17) is 0 Å². The average molecular weight is 244 g/mol. The highest BCUT2D eigenvalue weighted by molar-refractivity contribution is 5.80. The number of fused-ring (bicyclic) bond motifs is 1. The third-order valence-electron chi connectivity index (χ3n) is 3.75. The van der Waals surface area contributed by atoms with Crippen LogP contribution < -0.4 is 5.32 Å². The van der Waals surface area contributed by atoms with Crippen molar-refractivity contribution < 1.29 is 0 Å². The summed E-state index contributed by atoms with van der Waals surface area (Å²) in [4.78, 5) is 6.95. The summed E-state index contributed by atoms with van der Waals surface area (Å²) in [5, 5.41) is 3.64. The number of rotatable bonds is 1. The second-order valence-electron chi connectivity index (χ2n) is 5.19. The molecule has 0 spiro atoms. The number of pyridine rings is 1. The summed E-state index contributed by atoms with van der Waals surface area (Å²) < 4.78 is 2.17. The molecule has 4 nitrogen and oxygen atoms in total. The monoisotopic (exact) mass is 244 g/mol. The van der Waals surface area contributed by atoms with Gasteiger partial charge in [0.25, 0.3) is 0 Å². The molecule has 1 fully saturated rings. The van der Waals surface area contributed by atoms with E-state index in [-0.39, 0.29) is 0 Å². The van der Waals surface area contributed by atoms with Gasteiger partial charge in [0.1, 0.15) is 0 Å². The Morgan fingerprint density at radius 2 is 2.28 bits per heavy atom. The predicted octanol–water partition coefficient (Wildman–Crippen LogP) is 1.54. The Morgan fingerprint density at radius 3 is 3.17 bits per heavy atom. The fourth-order valence-corrected chi connectivity index (χ4v) is 2.80. The van der Waals surface area contributed by atoms with Gasteiger partial charge in [0, 0.05) is 37.6 Å². The van der Waals surface area contributed by atoms with Crippen molar-refractivity contribution >= 4 is 11.0 Å². The van der Waals surface area contributed by atoms with Crippen molar-refractivity contribution in [3.63, 3.8) is 0 Å². The van der Waals surface area contributed by atoms with Gasteiger partial charge in [-0.25, -0.2) is 0 Å². The summed E-state index contributed by atoms with van der Waals surface area (Å²) in [5.74, 6) is 0. The maximum atomic E-state index is 4.55. The molecular formula is C14H20N4. The largest absolute Gasteiger partial charge is 0.349 e. The van der Waals surface area contributed by atoms with Gasteiger partial charge in [-0.05, 0) is 38.7 Å². The molecule has 3 heterocycles. The van der Waals surface area contributed by atoms with Crippen molar-refractivity contribution in [2.45, 2.75) is 12.5 Å². The number of nitrogens with one attached hydrogen (secondary N) is 1. The number of hydrogen-bond donors (Lipinski definition) is 1. The molecule has 2 aromatic rings. The summed E-state index contributed by atoms with van der Waals surface area (Å²) in [6.07, 6.45) is 5.31. The molecule has 18 heavy (non-hydrogen) atoms. The van der Waals surface area contributed by atoms with E-state index in [1.807, 2.05) is 12.3 Å². The number of aromatic nitrogens is 2. The second kappa shape index (κ2) is 4.71. The number of hydrogen-bond acceptors (Lipinski definition) is 3. The first-order chi connectivity index (χ1) is 8.75. The van der Waals surface area contributed by atoms with Gasteiger partial charge in [0.15, 0.2) is 0 Å². The standard InChI is InChI=1S/C14H20N4/c1-17-8-4-7-15-12(10-17)11-9-18(2)13-5-3-6-16-14(11)13/h3,5-6,9,12,15H,4,7-8,10H2,1-2H3. The maximum Gasteiger partial charge on any atom is 0.0929 e. The number of aryl methyl sites for hydroxylation is 1. The number of nitrogens with zero attached hydrogens (tertiary/aromatic N) is 3. The first-order valence-corrected chi connectivity index (χ1v) is 6.57. The van der Waals surface area contributed by atoms with Crippen LogP contribution in [-0.4, -0.2) is 41.1 Å². The Kier molecular flexibility index (Phi) is 3.06. The lowest BCUT2D eigenvalue weighted by atomic mass is 10.1. The zero-order valence-electron chi connectivity index (χ0n) is 11.1. The molecule has 0 bridgehead atoms. The quantitative estimate of drug-likeness (QED) is 0.826. The van der Waals surface area contributed by atoms with E-state index in [0.29, 0.717) is 6.04 Å². The van der Waals surface area contributed by atoms with Crippen molar-refractivity contribution in [3.8, 4) is 0 Å². The van der Waals surface area contributed by atoms with Gasteiger partial charge in [-0.2, -0.15) is 0 Å². The Morgan fingerprint density at radius 1 is 1.39 bits per heavy atom. The molecule has 2 aromatic heterocycles. The van der Waals surface area contributed by atoms with Gasteiger partial charge in [-0.15, -0.1) is 0 Å². The van der Waals surface area contributed by atoms with Gasteiger partial charge in [-0.3, -0.25) is 4.98 Å². The molecule has 1 N–H and O–H groups in total. The van der Waals surface area contributed by atoms with Crippen LogP contribution in [0.4, 0.5) is 0 Å². The van der Waals surface area contributed by atoms with E-state index in [0.717, 1.165) is 18.6 Å². The third kappa shape index (κ3) is 2.02. The highest BCUT2D eigenvalue weighted by Gasteiger charge is 2.21. The summed E-state index contributed by atoms with van der Waals surface area (Å²) >= 11 is 0. The lowest BCUT2D eigenvalue weighted by Crippen LogP contribution is -2.28. The molecule has 0 aliphatic carbocycles. The minimum atomic E-state index is 0.385. The van der Waals surface area contributed by atoms with E-state index >= 15 is 0 Å². The molecule has 1 saturated heterocycles. The van der Waals surface area contributed by atoms with E-state index in [1.165, 1.54) is 24.0 Å². The minimum absolute atomic E-state index is 0.385. The molecule has 0 saturated carbocycles. The maximum absolute atomic E-state index is 4.55. The fourth-order valence-electron chi connectivity index (χ4n) is 2.80. The van der Waals surface area contributed by atoms with Crippen molar-refractivity contribution in [3.05, 3.63) is 30.1 Å². The van der Waals surface area contributed by atoms with E-state index in [2.05, 4.69) is 46.1 Å². The molecular weight excluding hydrogens is 224 g/mol. The normalized spacial score (nSPS) is 22.2. The van der Waals surface area contributed by atoms with Crippen molar-refractivity contribution in [2.24, 2.45) is 7.05 Å². The topological polar surface area (TPSA) is 33.1 Å². The summed E-state index contributed by atoms with van der Waals surface area (Å²) in [5.41, 5.74) is 3.66. The second-order valence-corrected chi connectivity index (χ2v) is 5.19. The van der Waals surface area contributed by atoms with Gasteiger partial charge in [-0.1, -0.05) is 0 Å². The van der Waals surface area contributed by atoms with Crippen LogP contribution in [0.5, 0.6) is 0 Å². The molecule has 1 atom stereocenters. The van der Waals surface area contributed by atoms with Gasteiger partial charge >= 0.3 is 0 Å². The molecule has 96 valence electrons. The molecule has 3 rings (SSSR count). The molecule has 1 aliphatic rings. The lowest BCUT2D eigenvalue weighted by Gasteiger charge is -2.19. The molecule has 0 amide bonds. The van der Waals surface area contributed by atoms with E-state index < -0.39 is 0 Å². The van der Waals surface area contributed by atoms with Crippen LogP contribution >= 0.6 is 0 Å². The van der Waals surface area contributed by atoms with Crippen molar-refractivity contribution in [2.75, 3.05) is 26.7 Å². The van der Waals surface area contributed by atoms with Gasteiger partial charge in [0.2, 0.25) is 0 Å². The van der Waals surface area contributed by atoms with Crippen molar-refractivity contribution in [1.29, 1.82) is 0 Å². The molecule has 0 aromatic carbocycles. The van der Waals surface area contributed by atoms with E-state index in [9.17, 15) is 0 Å². The zero-order chi connectivity index (χ0) is 12.5. The molecule has 4 heteroatoms. The Bertz CT molecular complexity index is 546. The predicted molar refractivity (Wildman–Crippen MR) is 73.6 cm³/mol. The lowest BCUT2D eigenvalue weighted by molar-refractivity contribution is 0.327. The fraction of sp³-hybridized carbons (Fsp3) is 0.500. The van der Waals surface area contributed by atoms with Crippen molar-refractivity contribution in [1.82, 2.24) is 19.8 Å². The molecule has 1 aliphatic heterocycles. The molecule has 1 unspecified atom stereocenters. The van der Waals surface area contributed by atoms with Crippen LogP contribution in [0.25, 0.3) is 11.0 Å². The van der Waals surface area contributed by atoms with Gasteiger partial charge in [0.05, 0.1) is 11.0 Å². The first kappa shape index (κ1) is 11.7. The Balaban J connectivity index is 2.02. The van der Waals surface area contributed by atoms with Crippen LogP contribution in [0.2, 0.25) is 0 Å². The first-order valence-electron chi connectivity index (χ1n) is 6.57. The zero-order valence-corrected chi connectivity index (χ0v) is 11.1.